The maximum Gasteiger partial charge on any atom is 0.0244 e. The normalized spacial score (nSPS) is 17.6. The first-order valence-corrected chi connectivity index (χ1v) is 7.70. The Kier molecular flexibility index (Phi) is 5.01. The van der Waals surface area contributed by atoms with Gasteiger partial charge in [-0.15, -0.1) is 0 Å². The highest BCUT2D eigenvalue weighted by atomic mass is 32.1. The van der Waals surface area contributed by atoms with Crippen LogP contribution >= 0.6 is 11.3 Å². The van der Waals surface area contributed by atoms with E-state index in [4.69, 9.17) is 5.73 Å². The van der Waals surface area contributed by atoms with Gasteiger partial charge in [-0.05, 0) is 61.5 Å². The highest BCUT2D eigenvalue weighted by Crippen LogP contribution is 2.29. The van der Waals surface area contributed by atoms with E-state index in [0.717, 1.165) is 19.0 Å². The summed E-state index contributed by atoms with van der Waals surface area (Å²) >= 11 is 1.80. The molecule has 1 aliphatic carbocycles. The van der Waals surface area contributed by atoms with Crippen molar-refractivity contribution in [2.75, 3.05) is 6.54 Å². The minimum atomic E-state index is 0.362. The lowest BCUT2D eigenvalue weighted by Gasteiger charge is -2.21. The van der Waals surface area contributed by atoms with Gasteiger partial charge in [-0.25, -0.2) is 0 Å². The molecule has 1 aliphatic rings. The number of nitrogens with two attached hydrogens (primary N) is 1. The molecule has 1 aromatic rings. The van der Waals surface area contributed by atoms with E-state index in [1.165, 1.54) is 37.8 Å². The molecule has 17 heavy (non-hydrogen) atoms. The quantitative estimate of drug-likeness (QED) is 0.720. The van der Waals surface area contributed by atoms with E-state index in [9.17, 15) is 0 Å². The average molecular weight is 252 g/mol. The number of hydrogen-bond acceptors (Lipinski definition) is 3. The van der Waals surface area contributed by atoms with E-state index in [-0.39, 0.29) is 0 Å². The Balaban J connectivity index is 1.70. The SMILES string of the molecule is CC(N)CCCCN(Cc1ccsc1)C1CC1. The molecule has 1 atom stereocenters. The summed E-state index contributed by atoms with van der Waals surface area (Å²) < 4.78 is 0. The van der Waals surface area contributed by atoms with Crippen molar-refractivity contribution in [2.24, 2.45) is 5.73 Å². The molecule has 0 spiro atoms. The van der Waals surface area contributed by atoms with Crippen molar-refractivity contribution in [2.45, 2.75) is 57.7 Å². The minimum Gasteiger partial charge on any atom is -0.328 e. The van der Waals surface area contributed by atoms with Crippen molar-refractivity contribution >= 4 is 11.3 Å². The fourth-order valence-corrected chi connectivity index (χ4v) is 2.89. The molecule has 2 nitrogen and oxygen atoms in total. The molecule has 0 aliphatic heterocycles. The maximum absolute atomic E-state index is 5.78. The molecule has 2 N–H and O–H groups in total. The molecular weight excluding hydrogens is 228 g/mol. The van der Waals surface area contributed by atoms with Gasteiger partial charge in [0.15, 0.2) is 0 Å². The van der Waals surface area contributed by atoms with Crippen LogP contribution in [0.2, 0.25) is 0 Å². The lowest BCUT2D eigenvalue weighted by molar-refractivity contribution is 0.248. The molecule has 1 fully saturated rings. The second-order valence-corrected chi connectivity index (χ2v) is 6.09. The van der Waals surface area contributed by atoms with E-state index < -0.39 is 0 Å². The van der Waals surface area contributed by atoms with E-state index in [1.54, 1.807) is 11.3 Å². The van der Waals surface area contributed by atoms with Gasteiger partial charge < -0.3 is 5.73 Å². The van der Waals surface area contributed by atoms with Gasteiger partial charge in [-0.1, -0.05) is 6.42 Å². The number of thiophene rings is 1. The fourth-order valence-electron chi connectivity index (χ4n) is 2.23. The molecule has 96 valence electrons. The Hall–Kier alpha value is -0.380. The summed E-state index contributed by atoms with van der Waals surface area (Å²) in [4.78, 5) is 2.66. The van der Waals surface area contributed by atoms with Crippen LogP contribution < -0.4 is 5.73 Å². The van der Waals surface area contributed by atoms with Gasteiger partial charge in [-0.3, -0.25) is 4.90 Å². The molecule has 1 unspecified atom stereocenters. The van der Waals surface area contributed by atoms with Crippen LogP contribution in [0.1, 0.15) is 44.6 Å². The van der Waals surface area contributed by atoms with Gasteiger partial charge >= 0.3 is 0 Å². The zero-order valence-electron chi connectivity index (χ0n) is 10.8. The standard InChI is InChI=1S/C14H24N2S/c1-12(15)4-2-3-8-16(14-5-6-14)10-13-7-9-17-11-13/h7,9,11-12,14H,2-6,8,10,15H2,1H3. The topological polar surface area (TPSA) is 29.3 Å². The summed E-state index contributed by atoms with van der Waals surface area (Å²) in [5.74, 6) is 0. The van der Waals surface area contributed by atoms with Gasteiger partial charge in [-0.2, -0.15) is 11.3 Å². The first-order valence-electron chi connectivity index (χ1n) is 6.76. The van der Waals surface area contributed by atoms with Gasteiger partial charge in [0.1, 0.15) is 0 Å². The van der Waals surface area contributed by atoms with Crippen LogP contribution in [0.3, 0.4) is 0 Å². The van der Waals surface area contributed by atoms with Crippen LogP contribution in [0.5, 0.6) is 0 Å². The second kappa shape index (κ2) is 6.53. The summed E-state index contributed by atoms with van der Waals surface area (Å²) in [6.07, 6.45) is 6.53. The molecule has 0 aromatic carbocycles. The minimum absolute atomic E-state index is 0.362. The summed E-state index contributed by atoms with van der Waals surface area (Å²) in [5, 5.41) is 4.45. The Bertz CT molecular complexity index is 304. The molecular formula is C14H24N2S. The zero-order chi connectivity index (χ0) is 12.1. The van der Waals surface area contributed by atoms with Crippen LogP contribution in [0.25, 0.3) is 0 Å². The number of hydrogen-bond donors (Lipinski definition) is 1. The highest BCUT2D eigenvalue weighted by molar-refractivity contribution is 7.07. The van der Waals surface area contributed by atoms with Crippen molar-refractivity contribution in [3.8, 4) is 0 Å². The Morgan fingerprint density at radius 1 is 1.47 bits per heavy atom. The van der Waals surface area contributed by atoms with Gasteiger partial charge in [0.05, 0.1) is 0 Å². The maximum atomic E-state index is 5.78. The fraction of sp³-hybridized carbons (Fsp3) is 0.714. The second-order valence-electron chi connectivity index (χ2n) is 5.31. The summed E-state index contributed by atoms with van der Waals surface area (Å²) in [6, 6.07) is 3.48. The first kappa shape index (κ1) is 13.1. The molecule has 0 radical (unpaired) electrons. The molecule has 0 amide bonds. The van der Waals surface area contributed by atoms with Crippen molar-refractivity contribution in [1.29, 1.82) is 0 Å². The van der Waals surface area contributed by atoms with Crippen molar-refractivity contribution in [3.05, 3.63) is 22.4 Å². The van der Waals surface area contributed by atoms with Gasteiger partial charge in [0.25, 0.3) is 0 Å². The molecule has 1 heterocycles. The Morgan fingerprint density at radius 2 is 2.29 bits per heavy atom. The molecule has 0 saturated heterocycles. The molecule has 3 heteroatoms. The first-order chi connectivity index (χ1) is 8.25. The summed E-state index contributed by atoms with van der Waals surface area (Å²) in [6.45, 7) is 4.49. The Labute approximate surface area is 109 Å². The smallest absolute Gasteiger partial charge is 0.0244 e. The predicted octanol–water partition coefficient (Wildman–Crippen LogP) is 3.23. The largest absolute Gasteiger partial charge is 0.328 e. The predicted molar refractivity (Wildman–Crippen MR) is 75.3 cm³/mol. The van der Waals surface area contributed by atoms with E-state index in [2.05, 4.69) is 28.7 Å². The molecule has 1 saturated carbocycles. The van der Waals surface area contributed by atoms with Crippen LogP contribution in [-0.4, -0.2) is 23.5 Å². The number of nitrogens with zero attached hydrogens (tertiary/aromatic N) is 1. The van der Waals surface area contributed by atoms with Crippen molar-refractivity contribution < 1.29 is 0 Å². The summed E-state index contributed by atoms with van der Waals surface area (Å²) in [5.41, 5.74) is 7.26. The third-order valence-corrected chi connectivity index (χ3v) is 4.12. The molecule has 2 rings (SSSR count). The van der Waals surface area contributed by atoms with E-state index in [1.807, 2.05) is 0 Å². The van der Waals surface area contributed by atoms with Crippen molar-refractivity contribution in [1.82, 2.24) is 4.90 Å². The van der Waals surface area contributed by atoms with Crippen LogP contribution in [0.15, 0.2) is 16.8 Å². The monoisotopic (exact) mass is 252 g/mol. The third-order valence-electron chi connectivity index (χ3n) is 3.38. The lowest BCUT2D eigenvalue weighted by atomic mass is 10.1. The van der Waals surface area contributed by atoms with E-state index in [0.29, 0.717) is 6.04 Å². The van der Waals surface area contributed by atoms with E-state index >= 15 is 0 Å². The zero-order valence-corrected chi connectivity index (χ0v) is 11.6. The van der Waals surface area contributed by atoms with Crippen LogP contribution in [0, 0.1) is 0 Å². The van der Waals surface area contributed by atoms with Gasteiger partial charge in [0.2, 0.25) is 0 Å². The number of unbranched alkanes of at least 4 members (excludes halogenated alkanes) is 1. The lowest BCUT2D eigenvalue weighted by Crippen LogP contribution is -2.26. The summed E-state index contributed by atoms with van der Waals surface area (Å²) in [7, 11) is 0. The van der Waals surface area contributed by atoms with Crippen LogP contribution in [0.4, 0.5) is 0 Å². The van der Waals surface area contributed by atoms with Crippen molar-refractivity contribution in [3.63, 3.8) is 0 Å². The Morgan fingerprint density at radius 3 is 2.88 bits per heavy atom. The number of rotatable bonds is 8. The third kappa shape index (κ3) is 4.78. The van der Waals surface area contributed by atoms with Crippen LogP contribution in [-0.2, 0) is 6.54 Å². The highest BCUT2D eigenvalue weighted by Gasteiger charge is 2.28. The average Bonchev–Trinajstić information content (AvgIpc) is 3.01. The molecule has 1 aromatic heterocycles. The molecule has 0 bridgehead atoms. The van der Waals surface area contributed by atoms with Gasteiger partial charge in [0, 0.05) is 18.6 Å².